The van der Waals surface area contributed by atoms with Gasteiger partial charge in [0.25, 0.3) is 0 Å². The average molecular weight is 274 g/mol. The Kier molecular flexibility index (Phi) is 4.61. The summed E-state index contributed by atoms with van der Waals surface area (Å²) in [5.41, 5.74) is 3.22. The van der Waals surface area contributed by atoms with Gasteiger partial charge in [-0.1, -0.05) is 29.3 Å². The molecule has 0 amide bonds. The van der Waals surface area contributed by atoms with Gasteiger partial charge in [-0.05, 0) is 33.3 Å². The van der Waals surface area contributed by atoms with Gasteiger partial charge >= 0.3 is 0 Å². The van der Waals surface area contributed by atoms with E-state index < -0.39 is 0 Å². The summed E-state index contributed by atoms with van der Waals surface area (Å²) in [4.78, 5) is 15.0. The maximum atomic E-state index is 12.7. The molecule has 0 radical (unpaired) electrons. The quantitative estimate of drug-likeness (QED) is 0.912. The van der Waals surface area contributed by atoms with Crippen molar-refractivity contribution in [1.82, 2.24) is 10.2 Å². The Morgan fingerprint density at radius 3 is 2.25 bits per heavy atom. The van der Waals surface area contributed by atoms with Crippen LogP contribution in [0.2, 0.25) is 0 Å². The SMILES string of the molecule is Cc1cc(C)cc(CC(=O)C(C)(C)N2CCNCC2)c1. The molecule has 110 valence electrons. The van der Waals surface area contributed by atoms with Crippen molar-refractivity contribution >= 4 is 5.78 Å². The Balaban J connectivity index is 2.09. The highest BCUT2D eigenvalue weighted by atomic mass is 16.1. The Hall–Kier alpha value is -1.19. The molecule has 0 saturated carbocycles. The fraction of sp³-hybridized carbons (Fsp3) is 0.588. The number of carbonyl (C=O) groups excluding carboxylic acids is 1. The van der Waals surface area contributed by atoms with E-state index in [2.05, 4.69) is 56.1 Å². The molecule has 20 heavy (non-hydrogen) atoms. The lowest BCUT2D eigenvalue weighted by Crippen LogP contribution is -2.57. The van der Waals surface area contributed by atoms with Gasteiger partial charge in [0, 0.05) is 32.6 Å². The normalized spacial score (nSPS) is 17.2. The second kappa shape index (κ2) is 6.06. The fourth-order valence-corrected chi connectivity index (χ4v) is 2.97. The summed E-state index contributed by atoms with van der Waals surface area (Å²) < 4.78 is 0. The van der Waals surface area contributed by atoms with Crippen LogP contribution in [0, 0.1) is 13.8 Å². The minimum atomic E-state index is -0.375. The van der Waals surface area contributed by atoms with Crippen LogP contribution in [0.25, 0.3) is 0 Å². The van der Waals surface area contributed by atoms with Crippen LogP contribution in [0.3, 0.4) is 0 Å². The summed E-state index contributed by atoms with van der Waals surface area (Å²) in [6.07, 6.45) is 0.527. The average Bonchev–Trinajstić information content (AvgIpc) is 2.38. The zero-order valence-electron chi connectivity index (χ0n) is 13.1. The summed E-state index contributed by atoms with van der Waals surface area (Å²) in [6, 6.07) is 6.40. The van der Waals surface area contributed by atoms with Crippen LogP contribution in [0.1, 0.15) is 30.5 Å². The minimum Gasteiger partial charge on any atom is -0.314 e. The van der Waals surface area contributed by atoms with E-state index in [0.29, 0.717) is 12.2 Å². The molecule has 3 heteroatoms. The number of piperazine rings is 1. The van der Waals surface area contributed by atoms with E-state index in [1.54, 1.807) is 0 Å². The van der Waals surface area contributed by atoms with E-state index in [0.717, 1.165) is 31.7 Å². The molecule has 1 aliphatic rings. The molecule has 0 aromatic heterocycles. The summed E-state index contributed by atoms with van der Waals surface area (Å²) in [6.45, 7) is 12.1. The molecule has 1 aromatic rings. The van der Waals surface area contributed by atoms with Gasteiger partial charge in [0.15, 0.2) is 5.78 Å². The lowest BCUT2D eigenvalue weighted by molar-refractivity contribution is -0.129. The standard InChI is InChI=1S/C17H26N2O/c1-13-9-14(2)11-15(10-13)12-16(20)17(3,4)19-7-5-18-6-8-19/h9-11,18H,5-8,12H2,1-4H3. The molecule has 1 aliphatic heterocycles. The van der Waals surface area contributed by atoms with Crippen molar-refractivity contribution < 1.29 is 4.79 Å². The predicted octanol–water partition coefficient (Wildman–Crippen LogP) is 2.10. The molecule has 1 aromatic carbocycles. The largest absolute Gasteiger partial charge is 0.314 e. The zero-order chi connectivity index (χ0) is 14.8. The van der Waals surface area contributed by atoms with Crippen LogP contribution in [-0.4, -0.2) is 42.4 Å². The third-order valence-electron chi connectivity index (χ3n) is 4.24. The number of rotatable bonds is 4. The Morgan fingerprint density at radius 1 is 1.15 bits per heavy atom. The van der Waals surface area contributed by atoms with Gasteiger partial charge in [0.05, 0.1) is 5.54 Å². The molecule has 0 unspecified atom stereocenters. The molecule has 1 fully saturated rings. The summed E-state index contributed by atoms with van der Waals surface area (Å²) in [7, 11) is 0. The lowest BCUT2D eigenvalue weighted by Gasteiger charge is -2.40. The molecule has 0 aliphatic carbocycles. The maximum Gasteiger partial charge on any atom is 0.156 e. The topological polar surface area (TPSA) is 32.3 Å². The highest BCUT2D eigenvalue weighted by Crippen LogP contribution is 2.20. The highest BCUT2D eigenvalue weighted by molar-refractivity contribution is 5.89. The number of nitrogens with one attached hydrogen (secondary N) is 1. The molecule has 0 atom stereocenters. The van der Waals surface area contributed by atoms with E-state index in [9.17, 15) is 4.79 Å². The van der Waals surface area contributed by atoms with Gasteiger partial charge in [-0.3, -0.25) is 9.69 Å². The van der Waals surface area contributed by atoms with E-state index in [1.165, 1.54) is 11.1 Å². The first-order valence-electron chi connectivity index (χ1n) is 7.46. The molecule has 1 saturated heterocycles. The minimum absolute atomic E-state index is 0.310. The second-order valence-electron chi connectivity index (χ2n) is 6.39. The van der Waals surface area contributed by atoms with E-state index in [1.807, 2.05) is 0 Å². The monoisotopic (exact) mass is 274 g/mol. The van der Waals surface area contributed by atoms with Gasteiger partial charge in [-0.25, -0.2) is 0 Å². The molecule has 0 bridgehead atoms. The molecule has 3 nitrogen and oxygen atoms in total. The highest BCUT2D eigenvalue weighted by Gasteiger charge is 2.34. The van der Waals surface area contributed by atoms with Crippen LogP contribution in [0.15, 0.2) is 18.2 Å². The van der Waals surface area contributed by atoms with Crippen molar-refractivity contribution in [2.75, 3.05) is 26.2 Å². The first-order chi connectivity index (χ1) is 9.39. The number of hydrogen-bond donors (Lipinski definition) is 1. The van der Waals surface area contributed by atoms with Crippen molar-refractivity contribution in [3.8, 4) is 0 Å². The van der Waals surface area contributed by atoms with Crippen molar-refractivity contribution in [2.45, 2.75) is 39.7 Å². The van der Waals surface area contributed by atoms with E-state index in [-0.39, 0.29) is 5.54 Å². The van der Waals surface area contributed by atoms with Crippen molar-refractivity contribution in [3.63, 3.8) is 0 Å². The smallest absolute Gasteiger partial charge is 0.156 e. The summed E-state index contributed by atoms with van der Waals surface area (Å²) in [5, 5.41) is 3.34. The molecular formula is C17H26N2O. The van der Waals surface area contributed by atoms with E-state index in [4.69, 9.17) is 0 Å². The van der Waals surface area contributed by atoms with Gasteiger partial charge < -0.3 is 5.32 Å². The van der Waals surface area contributed by atoms with Crippen LogP contribution in [0.5, 0.6) is 0 Å². The lowest BCUT2D eigenvalue weighted by atomic mass is 9.90. The third kappa shape index (κ3) is 3.47. The Morgan fingerprint density at radius 2 is 1.70 bits per heavy atom. The third-order valence-corrected chi connectivity index (χ3v) is 4.24. The number of Topliss-reactive ketones (excluding diaryl/α,β-unsaturated/α-hetero) is 1. The van der Waals surface area contributed by atoms with Crippen molar-refractivity contribution in [3.05, 3.63) is 34.9 Å². The van der Waals surface area contributed by atoms with E-state index >= 15 is 0 Å². The number of benzene rings is 1. The molecule has 0 spiro atoms. The zero-order valence-corrected chi connectivity index (χ0v) is 13.1. The van der Waals surface area contributed by atoms with Crippen LogP contribution >= 0.6 is 0 Å². The predicted molar refractivity (Wildman–Crippen MR) is 83.1 cm³/mol. The summed E-state index contributed by atoms with van der Waals surface area (Å²) in [5.74, 6) is 0.310. The Bertz CT molecular complexity index is 468. The molecule has 1 heterocycles. The fourth-order valence-electron chi connectivity index (χ4n) is 2.97. The molecule has 2 rings (SSSR count). The molecule has 1 N–H and O–H groups in total. The van der Waals surface area contributed by atoms with Crippen LogP contribution in [0.4, 0.5) is 0 Å². The first-order valence-corrected chi connectivity index (χ1v) is 7.46. The van der Waals surface area contributed by atoms with Gasteiger partial charge in [-0.15, -0.1) is 0 Å². The maximum absolute atomic E-state index is 12.7. The van der Waals surface area contributed by atoms with Crippen LogP contribution < -0.4 is 5.32 Å². The van der Waals surface area contributed by atoms with Crippen molar-refractivity contribution in [2.24, 2.45) is 0 Å². The first kappa shape index (κ1) is 15.2. The summed E-state index contributed by atoms with van der Waals surface area (Å²) >= 11 is 0. The number of carbonyl (C=O) groups is 1. The van der Waals surface area contributed by atoms with Crippen molar-refractivity contribution in [1.29, 1.82) is 0 Å². The number of nitrogens with zero attached hydrogens (tertiary/aromatic N) is 1. The van der Waals surface area contributed by atoms with Gasteiger partial charge in [0.1, 0.15) is 0 Å². The second-order valence-corrected chi connectivity index (χ2v) is 6.39. The number of aryl methyl sites for hydroxylation is 2. The number of ketones is 1. The molecular weight excluding hydrogens is 248 g/mol. The van der Waals surface area contributed by atoms with Gasteiger partial charge in [0.2, 0.25) is 0 Å². The number of hydrogen-bond acceptors (Lipinski definition) is 3. The Labute approximate surface area is 122 Å². The van der Waals surface area contributed by atoms with Crippen LogP contribution in [-0.2, 0) is 11.2 Å². The van der Waals surface area contributed by atoms with Gasteiger partial charge in [-0.2, -0.15) is 0 Å².